The highest BCUT2D eigenvalue weighted by Crippen LogP contribution is 2.42. The molecular weight excluding hydrogens is 290 g/mol. The van der Waals surface area contributed by atoms with Gasteiger partial charge in [0, 0.05) is 18.0 Å². The summed E-state index contributed by atoms with van der Waals surface area (Å²) in [6, 6.07) is 1.08. The van der Waals surface area contributed by atoms with E-state index in [1.165, 1.54) is 23.0 Å². The Morgan fingerprint density at radius 3 is 2.83 bits per heavy atom. The molecule has 1 saturated carbocycles. The van der Waals surface area contributed by atoms with Crippen molar-refractivity contribution in [1.82, 2.24) is 15.1 Å². The molecule has 0 saturated heterocycles. The molecule has 0 amide bonds. The van der Waals surface area contributed by atoms with E-state index in [0.29, 0.717) is 23.9 Å². The molecule has 0 radical (unpaired) electrons. The first kappa shape index (κ1) is 14.1. The maximum atomic E-state index is 4.51. The summed E-state index contributed by atoms with van der Waals surface area (Å²) in [6.07, 6.45) is 4.48. The summed E-state index contributed by atoms with van der Waals surface area (Å²) in [7, 11) is 0. The molecule has 1 aliphatic carbocycles. The fourth-order valence-electron chi connectivity index (χ4n) is 3.21. The Kier molecular flexibility index (Phi) is 4.49. The minimum absolute atomic E-state index is 0.427. The zero-order chi connectivity index (χ0) is 13.3. The average Bonchev–Trinajstić information content (AvgIpc) is 2.85. The van der Waals surface area contributed by atoms with E-state index in [9.17, 15) is 0 Å². The van der Waals surface area contributed by atoms with Gasteiger partial charge in [0.25, 0.3) is 0 Å². The van der Waals surface area contributed by atoms with E-state index in [0.717, 1.165) is 6.54 Å². The molecule has 1 fully saturated rings. The lowest BCUT2D eigenvalue weighted by molar-refractivity contribution is 0.389. The Morgan fingerprint density at radius 2 is 2.22 bits per heavy atom. The highest BCUT2D eigenvalue weighted by molar-refractivity contribution is 9.10. The molecule has 3 unspecified atom stereocenters. The molecule has 1 heterocycles. The number of hydrogen-bond acceptors (Lipinski definition) is 2. The SMILES string of the molecule is CCNC1CCC(c2c(Br)cnn2C(C)C)C1C. The summed E-state index contributed by atoms with van der Waals surface area (Å²) in [5.74, 6) is 1.30. The van der Waals surface area contributed by atoms with Crippen molar-refractivity contribution in [1.29, 1.82) is 0 Å². The summed E-state index contributed by atoms with van der Waals surface area (Å²) >= 11 is 3.68. The van der Waals surface area contributed by atoms with Gasteiger partial charge in [-0.2, -0.15) is 5.10 Å². The first-order chi connectivity index (χ1) is 8.56. The third-order valence-corrected chi connectivity index (χ3v) is 4.76. The maximum Gasteiger partial charge on any atom is 0.0635 e. The molecule has 2 rings (SSSR count). The predicted molar refractivity (Wildman–Crippen MR) is 78.9 cm³/mol. The van der Waals surface area contributed by atoms with Crippen LogP contribution in [0.15, 0.2) is 10.7 Å². The van der Waals surface area contributed by atoms with Crippen molar-refractivity contribution >= 4 is 15.9 Å². The van der Waals surface area contributed by atoms with Crippen molar-refractivity contribution in [3.8, 4) is 0 Å². The monoisotopic (exact) mass is 313 g/mol. The summed E-state index contributed by atoms with van der Waals surface area (Å²) in [5.41, 5.74) is 1.39. The zero-order valence-electron chi connectivity index (χ0n) is 11.8. The summed E-state index contributed by atoms with van der Waals surface area (Å²) in [4.78, 5) is 0. The Hall–Kier alpha value is -0.350. The first-order valence-corrected chi connectivity index (χ1v) is 7.81. The second-order valence-electron chi connectivity index (χ2n) is 5.62. The lowest BCUT2D eigenvalue weighted by Crippen LogP contribution is -2.32. The largest absolute Gasteiger partial charge is 0.314 e. The Morgan fingerprint density at radius 1 is 1.50 bits per heavy atom. The van der Waals surface area contributed by atoms with Crippen LogP contribution in [0.4, 0.5) is 0 Å². The third-order valence-electron chi connectivity index (χ3n) is 4.15. The minimum Gasteiger partial charge on any atom is -0.314 e. The molecule has 0 spiro atoms. The van der Waals surface area contributed by atoms with Crippen molar-refractivity contribution in [2.45, 2.75) is 58.5 Å². The smallest absolute Gasteiger partial charge is 0.0635 e. The number of nitrogens with zero attached hydrogens (tertiary/aromatic N) is 2. The van der Waals surface area contributed by atoms with E-state index in [1.807, 2.05) is 6.20 Å². The lowest BCUT2D eigenvalue weighted by atomic mass is 9.92. The molecule has 0 aromatic carbocycles. The van der Waals surface area contributed by atoms with Gasteiger partial charge < -0.3 is 5.32 Å². The zero-order valence-corrected chi connectivity index (χ0v) is 13.4. The van der Waals surface area contributed by atoms with Crippen molar-refractivity contribution in [3.05, 3.63) is 16.4 Å². The van der Waals surface area contributed by atoms with Crippen molar-refractivity contribution < 1.29 is 0 Å². The molecular formula is C14H24BrN3. The van der Waals surface area contributed by atoms with Crippen LogP contribution in [0.25, 0.3) is 0 Å². The molecule has 102 valence electrons. The topological polar surface area (TPSA) is 29.9 Å². The molecule has 1 aromatic rings. The number of nitrogens with one attached hydrogen (secondary N) is 1. The van der Waals surface area contributed by atoms with Crippen LogP contribution >= 0.6 is 15.9 Å². The number of hydrogen-bond donors (Lipinski definition) is 1. The van der Waals surface area contributed by atoms with Crippen molar-refractivity contribution in [2.75, 3.05) is 6.54 Å². The second-order valence-corrected chi connectivity index (χ2v) is 6.48. The van der Waals surface area contributed by atoms with Crippen molar-refractivity contribution in [2.24, 2.45) is 5.92 Å². The van der Waals surface area contributed by atoms with Crippen LogP contribution in [-0.2, 0) is 0 Å². The molecule has 3 atom stereocenters. The molecule has 1 aliphatic rings. The van der Waals surface area contributed by atoms with Gasteiger partial charge in [0.2, 0.25) is 0 Å². The van der Waals surface area contributed by atoms with Gasteiger partial charge in [-0.15, -0.1) is 0 Å². The molecule has 18 heavy (non-hydrogen) atoms. The quantitative estimate of drug-likeness (QED) is 0.918. The highest BCUT2D eigenvalue weighted by atomic mass is 79.9. The Labute approximate surface area is 118 Å². The molecule has 1 aromatic heterocycles. The molecule has 3 nitrogen and oxygen atoms in total. The van der Waals surface area contributed by atoms with Crippen LogP contribution in [0.1, 0.15) is 58.2 Å². The van der Waals surface area contributed by atoms with Crippen LogP contribution in [0.5, 0.6) is 0 Å². The van der Waals surface area contributed by atoms with E-state index in [1.54, 1.807) is 0 Å². The van der Waals surface area contributed by atoms with Crippen LogP contribution in [0.2, 0.25) is 0 Å². The second kappa shape index (κ2) is 5.74. The Bertz CT molecular complexity index is 400. The molecule has 1 N–H and O–H groups in total. The van der Waals surface area contributed by atoms with Crippen molar-refractivity contribution in [3.63, 3.8) is 0 Å². The van der Waals surface area contributed by atoms with Gasteiger partial charge in [0.05, 0.1) is 16.4 Å². The average molecular weight is 314 g/mol. The van der Waals surface area contributed by atoms with E-state index >= 15 is 0 Å². The van der Waals surface area contributed by atoms with Gasteiger partial charge in [-0.25, -0.2) is 0 Å². The molecule has 4 heteroatoms. The van der Waals surface area contributed by atoms with Gasteiger partial charge in [-0.1, -0.05) is 13.8 Å². The summed E-state index contributed by atoms with van der Waals surface area (Å²) in [5, 5.41) is 8.12. The van der Waals surface area contributed by atoms with Gasteiger partial charge in [0.15, 0.2) is 0 Å². The Balaban J connectivity index is 2.25. The minimum atomic E-state index is 0.427. The maximum absolute atomic E-state index is 4.51. The standard InChI is InChI=1S/C14H24BrN3/c1-5-16-13-7-6-11(10(13)4)14-12(15)8-17-18(14)9(2)3/h8-11,13,16H,5-7H2,1-4H3. The molecule has 0 aliphatic heterocycles. The highest BCUT2D eigenvalue weighted by Gasteiger charge is 2.36. The van der Waals surface area contributed by atoms with Crippen LogP contribution in [-0.4, -0.2) is 22.4 Å². The first-order valence-electron chi connectivity index (χ1n) is 7.02. The van der Waals surface area contributed by atoms with Crippen LogP contribution < -0.4 is 5.32 Å². The van der Waals surface area contributed by atoms with Gasteiger partial charge in [-0.05, 0) is 55.1 Å². The van der Waals surface area contributed by atoms with E-state index in [2.05, 4.69) is 58.7 Å². The predicted octanol–water partition coefficient (Wildman–Crippen LogP) is 3.72. The van der Waals surface area contributed by atoms with E-state index in [-0.39, 0.29) is 0 Å². The molecule has 0 bridgehead atoms. The van der Waals surface area contributed by atoms with Crippen LogP contribution in [0.3, 0.4) is 0 Å². The van der Waals surface area contributed by atoms with Crippen LogP contribution in [0, 0.1) is 5.92 Å². The van der Waals surface area contributed by atoms with Gasteiger partial charge in [-0.3, -0.25) is 4.68 Å². The van der Waals surface area contributed by atoms with Gasteiger partial charge in [0.1, 0.15) is 0 Å². The summed E-state index contributed by atoms with van der Waals surface area (Å²) in [6.45, 7) is 10.0. The third kappa shape index (κ3) is 2.50. The van der Waals surface area contributed by atoms with E-state index in [4.69, 9.17) is 0 Å². The normalized spacial score (nSPS) is 28.2. The summed E-state index contributed by atoms with van der Waals surface area (Å²) < 4.78 is 3.35. The van der Waals surface area contributed by atoms with E-state index < -0.39 is 0 Å². The number of rotatable bonds is 4. The van der Waals surface area contributed by atoms with Gasteiger partial charge >= 0.3 is 0 Å². The number of halogens is 1. The fourth-order valence-corrected chi connectivity index (χ4v) is 3.78. The lowest BCUT2D eigenvalue weighted by Gasteiger charge is -2.23. The fraction of sp³-hybridized carbons (Fsp3) is 0.786. The number of aromatic nitrogens is 2.